The highest BCUT2D eigenvalue weighted by molar-refractivity contribution is 9.10. The predicted octanol–water partition coefficient (Wildman–Crippen LogP) is 2.56. The third kappa shape index (κ3) is 5.75. The first-order valence-electron chi connectivity index (χ1n) is 7.09. The van der Waals surface area contributed by atoms with Crippen LogP contribution in [0.25, 0.3) is 0 Å². The number of carbonyl (C=O) groups excluding carboxylic acids is 2. The van der Waals surface area contributed by atoms with Crippen LogP contribution in [0.3, 0.4) is 0 Å². The van der Waals surface area contributed by atoms with Crippen LogP contribution in [-0.2, 0) is 9.59 Å². The summed E-state index contributed by atoms with van der Waals surface area (Å²) in [7, 11) is 0. The van der Waals surface area contributed by atoms with Crippen molar-refractivity contribution in [3.8, 4) is 5.75 Å². The van der Waals surface area contributed by atoms with Gasteiger partial charge in [0, 0.05) is 10.9 Å². The fourth-order valence-electron chi connectivity index (χ4n) is 2.41. The van der Waals surface area contributed by atoms with E-state index in [1.165, 1.54) is 12.8 Å². The van der Waals surface area contributed by atoms with Crippen molar-refractivity contribution in [2.24, 2.45) is 5.92 Å². The smallest absolute Gasteiger partial charge is 0.276 e. The summed E-state index contributed by atoms with van der Waals surface area (Å²) >= 11 is 3.32. The molecule has 1 fully saturated rings. The Morgan fingerprint density at radius 1 is 1.19 bits per heavy atom. The lowest BCUT2D eigenvalue weighted by Gasteiger charge is -2.11. The van der Waals surface area contributed by atoms with Crippen LogP contribution < -0.4 is 15.6 Å². The maximum absolute atomic E-state index is 11.6. The quantitative estimate of drug-likeness (QED) is 0.798. The fourth-order valence-corrected chi connectivity index (χ4v) is 2.79. The van der Waals surface area contributed by atoms with Gasteiger partial charge in [-0.3, -0.25) is 20.4 Å². The molecular formula is C15H19BrN2O3. The SMILES string of the molecule is O=C(COc1cccc(Br)c1)NNC(=O)CC1CCCC1. The first-order chi connectivity index (χ1) is 10.1. The van der Waals surface area contributed by atoms with Crippen LogP contribution in [0, 0.1) is 5.92 Å². The van der Waals surface area contributed by atoms with E-state index in [2.05, 4.69) is 26.8 Å². The Balaban J connectivity index is 1.64. The molecule has 0 radical (unpaired) electrons. The lowest BCUT2D eigenvalue weighted by Crippen LogP contribution is -2.44. The molecule has 114 valence electrons. The van der Waals surface area contributed by atoms with Crippen molar-refractivity contribution in [1.82, 2.24) is 10.9 Å². The van der Waals surface area contributed by atoms with Gasteiger partial charge in [-0.15, -0.1) is 0 Å². The summed E-state index contributed by atoms with van der Waals surface area (Å²) in [4.78, 5) is 23.2. The maximum Gasteiger partial charge on any atom is 0.276 e. The van der Waals surface area contributed by atoms with Gasteiger partial charge >= 0.3 is 0 Å². The first-order valence-corrected chi connectivity index (χ1v) is 7.89. The van der Waals surface area contributed by atoms with Gasteiger partial charge in [0.2, 0.25) is 5.91 Å². The molecule has 1 saturated carbocycles. The van der Waals surface area contributed by atoms with Gasteiger partial charge in [-0.1, -0.05) is 34.8 Å². The van der Waals surface area contributed by atoms with E-state index >= 15 is 0 Å². The second kappa shape index (κ2) is 8.02. The Bertz CT molecular complexity index is 501. The molecule has 0 aliphatic heterocycles. The van der Waals surface area contributed by atoms with Crippen LogP contribution in [0.1, 0.15) is 32.1 Å². The number of halogens is 1. The molecule has 0 heterocycles. The number of ether oxygens (including phenoxy) is 1. The maximum atomic E-state index is 11.6. The van der Waals surface area contributed by atoms with Crippen LogP contribution >= 0.6 is 15.9 Å². The highest BCUT2D eigenvalue weighted by Gasteiger charge is 2.18. The van der Waals surface area contributed by atoms with Crippen molar-refractivity contribution >= 4 is 27.7 Å². The number of hydrogen-bond donors (Lipinski definition) is 2. The third-order valence-electron chi connectivity index (χ3n) is 3.46. The van der Waals surface area contributed by atoms with E-state index in [4.69, 9.17) is 4.74 Å². The zero-order chi connectivity index (χ0) is 15.1. The Kier molecular flexibility index (Phi) is 6.04. The van der Waals surface area contributed by atoms with Crippen LogP contribution in [0.2, 0.25) is 0 Å². The molecule has 2 rings (SSSR count). The molecule has 0 bridgehead atoms. The van der Waals surface area contributed by atoms with Crippen molar-refractivity contribution < 1.29 is 14.3 Å². The zero-order valence-corrected chi connectivity index (χ0v) is 13.3. The summed E-state index contributed by atoms with van der Waals surface area (Å²) in [5, 5.41) is 0. The van der Waals surface area contributed by atoms with Crippen molar-refractivity contribution in [2.45, 2.75) is 32.1 Å². The number of benzene rings is 1. The molecule has 1 aromatic rings. The zero-order valence-electron chi connectivity index (χ0n) is 11.7. The highest BCUT2D eigenvalue weighted by atomic mass is 79.9. The minimum atomic E-state index is -0.380. The van der Waals surface area contributed by atoms with Crippen molar-refractivity contribution in [3.63, 3.8) is 0 Å². The molecular weight excluding hydrogens is 336 g/mol. The van der Waals surface area contributed by atoms with Gasteiger partial charge in [0.1, 0.15) is 5.75 Å². The number of carbonyl (C=O) groups is 2. The van der Waals surface area contributed by atoms with Gasteiger partial charge < -0.3 is 4.74 Å². The molecule has 1 aromatic carbocycles. The minimum Gasteiger partial charge on any atom is -0.484 e. The number of rotatable bonds is 5. The van der Waals surface area contributed by atoms with E-state index in [1.807, 2.05) is 12.1 Å². The normalized spacial score (nSPS) is 14.7. The van der Waals surface area contributed by atoms with Crippen molar-refractivity contribution in [2.75, 3.05) is 6.61 Å². The van der Waals surface area contributed by atoms with Gasteiger partial charge in [0.15, 0.2) is 6.61 Å². The molecule has 6 heteroatoms. The number of hydrazine groups is 1. The van der Waals surface area contributed by atoms with E-state index in [0.29, 0.717) is 18.1 Å². The van der Waals surface area contributed by atoms with Crippen molar-refractivity contribution in [3.05, 3.63) is 28.7 Å². The Labute approximate surface area is 132 Å². The number of amides is 2. The molecule has 0 unspecified atom stereocenters. The number of hydrogen-bond acceptors (Lipinski definition) is 3. The third-order valence-corrected chi connectivity index (χ3v) is 3.95. The first kappa shape index (κ1) is 15.8. The highest BCUT2D eigenvalue weighted by Crippen LogP contribution is 2.27. The molecule has 2 amide bonds. The summed E-state index contributed by atoms with van der Waals surface area (Å²) in [5.74, 6) is 0.532. The van der Waals surface area contributed by atoms with Crippen LogP contribution in [0.15, 0.2) is 28.7 Å². The second-order valence-corrected chi connectivity index (χ2v) is 6.11. The van der Waals surface area contributed by atoms with Gasteiger partial charge in [0.25, 0.3) is 5.91 Å². The molecule has 1 aliphatic rings. The van der Waals surface area contributed by atoms with Gasteiger partial charge in [-0.05, 0) is 37.0 Å². The molecule has 2 N–H and O–H groups in total. The minimum absolute atomic E-state index is 0.139. The summed E-state index contributed by atoms with van der Waals surface area (Å²) in [6.45, 7) is -0.139. The molecule has 0 spiro atoms. The van der Waals surface area contributed by atoms with Gasteiger partial charge in [-0.2, -0.15) is 0 Å². The molecule has 21 heavy (non-hydrogen) atoms. The summed E-state index contributed by atoms with van der Waals surface area (Å²) in [6, 6.07) is 7.22. The van der Waals surface area contributed by atoms with E-state index in [1.54, 1.807) is 12.1 Å². The largest absolute Gasteiger partial charge is 0.484 e. The predicted molar refractivity (Wildman–Crippen MR) is 82.5 cm³/mol. The summed E-state index contributed by atoms with van der Waals surface area (Å²) in [5.41, 5.74) is 4.80. The summed E-state index contributed by atoms with van der Waals surface area (Å²) in [6.07, 6.45) is 5.09. The topological polar surface area (TPSA) is 67.4 Å². The van der Waals surface area contributed by atoms with E-state index in [0.717, 1.165) is 17.3 Å². The van der Waals surface area contributed by atoms with E-state index in [-0.39, 0.29) is 18.4 Å². The molecule has 0 aromatic heterocycles. The molecule has 0 saturated heterocycles. The van der Waals surface area contributed by atoms with E-state index in [9.17, 15) is 9.59 Å². The molecule has 0 atom stereocenters. The fraction of sp³-hybridized carbons (Fsp3) is 0.467. The van der Waals surface area contributed by atoms with Crippen LogP contribution in [-0.4, -0.2) is 18.4 Å². The van der Waals surface area contributed by atoms with Crippen LogP contribution in [0.5, 0.6) is 5.75 Å². The Morgan fingerprint density at radius 3 is 2.62 bits per heavy atom. The monoisotopic (exact) mass is 354 g/mol. The number of nitrogens with one attached hydrogen (secondary N) is 2. The van der Waals surface area contributed by atoms with Crippen molar-refractivity contribution in [1.29, 1.82) is 0 Å². The average Bonchev–Trinajstić information content (AvgIpc) is 2.96. The molecule has 5 nitrogen and oxygen atoms in total. The summed E-state index contributed by atoms with van der Waals surface area (Å²) < 4.78 is 6.20. The lowest BCUT2D eigenvalue weighted by atomic mass is 10.0. The average molecular weight is 355 g/mol. The lowest BCUT2D eigenvalue weighted by molar-refractivity contribution is -0.130. The standard InChI is InChI=1S/C15H19BrN2O3/c16-12-6-3-7-13(9-12)21-10-15(20)18-17-14(19)8-11-4-1-2-5-11/h3,6-7,9,11H,1-2,4-5,8,10H2,(H,17,19)(H,18,20). The second-order valence-electron chi connectivity index (χ2n) is 5.20. The molecule has 1 aliphatic carbocycles. The van der Waals surface area contributed by atoms with Gasteiger partial charge in [0.05, 0.1) is 0 Å². The Hall–Kier alpha value is -1.56. The van der Waals surface area contributed by atoms with E-state index < -0.39 is 0 Å². The van der Waals surface area contributed by atoms with Crippen LogP contribution in [0.4, 0.5) is 0 Å². The Morgan fingerprint density at radius 2 is 1.90 bits per heavy atom. The van der Waals surface area contributed by atoms with Gasteiger partial charge in [-0.25, -0.2) is 0 Å².